The van der Waals surface area contributed by atoms with E-state index in [1.54, 1.807) is 23.0 Å². The Balaban J connectivity index is 1.48. The molecule has 0 aliphatic heterocycles. The molecule has 280 valence electrons. The Labute approximate surface area is 304 Å². The third kappa shape index (κ3) is 9.17. The minimum Gasteiger partial charge on any atom is -0.364 e. The van der Waals surface area contributed by atoms with Crippen LogP contribution in [0.15, 0.2) is 18.3 Å². The number of primary amides is 1. The lowest BCUT2D eigenvalue weighted by molar-refractivity contribution is -0.120. The Kier molecular flexibility index (Phi) is 12.9. The molecule has 2 aliphatic carbocycles. The molecule has 5 rings (SSSR count). The van der Waals surface area contributed by atoms with Crippen LogP contribution in [0.3, 0.4) is 0 Å². The van der Waals surface area contributed by atoms with Gasteiger partial charge in [-0.15, -0.1) is 0 Å². The van der Waals surface area contributed by atoms with Crippen LogP contribution in [0.2, 0.25) is 25.7 Å². The van der Waals surface area contributed by atoms with Crippen LogP contribution in [-0.4, -0.2) is 51.0 Å². The number of nitrogens with one attached hydrogen (secondary N) is 1. The number of rotatable bonds is 15. The highest BCUT2D eigenvalue weighted by molar-refractivity contribution is 6.76. The number of carbonyl (C=O) groups is 2. The maximum atomic E-state index is 16.1. The third-order valence-corrected chi connectivity index (χ3v) is 12.8. The monoisotopic (exact) mass is 721 g/mol. The van der Waals surface area contributed by atoms with Gasteiger partial charge in [-0.05, 0) is 63.1 Å². The summed E-state index contributed by atoms with van der Waals surface area (Å²) in [5, 5.41) is 12.3. The summed E-state index contributed by atoms with van der Waals surface area (Å²) in [6.07, 6.45) is 13.4. The number of pyridine rings is 1. The van der Waals surface area contributed by atoms with E-state index in [1.165, 1.54) is 12.8 Å². The highest BCUT2D eigenvalue weighted by Crippen LogP contribution is 2.48. The first-order chi connectivity index (χ1) is 24.3. The molecule has 3 N–H and O–H groups in total. The van der Waals surface area contributed by atoms with Gasteiger partial charge in [-0.1, -0.05) is 90.8 Å². The fraction of sp³-hybridized carbons (Fsp3) is 0.667. The maximum absolute atomic E-state index is 16.1. The standard InChI is InChI=1S/C39H60FN7O3Si/c1-8-31-33(26(4)45-46(31)24-50-21-22-51(5,6)7)29-19-20-32(43-37(29)40)44-39(49)35(30-23-42-47(25(2)3)36(30)38(41)48)34(27-15-11-9-12-16-27)28-17-13-10-14-18-28/h19-20,23,25,27-28,34-35H,8-18,21-22,24H2,1-7H3,(H2,41,48)(H,43,44,49)/t35-/m1/s1. The molecule has 1 atom stereocenters. The first-order valence-corrected chi connectivity index (χ1v) is 23.0. The Morgan fingerprint density at radius 1 is 1.04 bits per heavy atom. The van der Waals surface area contributed by atoms with Gasteiger partial charge in [0.25, 0.3) is 5.91 Å². The molecule has 2 fully saturated rings. The summed E-state index contributed by atoms with van der Waals surface area (Å²) < 4.78 is 25.5. The molecule has 3 heterocycles. The lowest BCUT2D eigenvalue weighted by atomic mass is 9.63. The van der Waals surface area contributed by atoms with Crippen molar-refractivity contribution >= 4 is 25.7 Å². The molecular weight excluding hydrogens is 662 g/mol. The number of nitrogens with zero attached hydrogens (tertiary/aromatic N) is 5. The highest BCUT2D eigenvalue weighted by atomic mass is 28.3. The Morgan fingerprint density at radius 3 is 2.20 bits per heavy atom. The van der Waals surface area contributed by atoms with Crippen molar-refractivity contribution in [1.82, 2.24) is 24.5 Å². The van der Waals surface area contributed by atoms with Crippen molar-refractivity contribution in [2.24, 2.45) is 23.5 Å². The van der Waals surface area contributed by atoms with Crippen LogP contribution >= 0.6 is 0 Å². The van der Waals surface area contributed by atoms with Crippen LogP contribution in [0.25, 0.3) is 11.1 Å². The van der Waals surface area contributed by atoms with Crippen molar-refractivity contribution < 1.29 is 18.7 Å². The number of nitrogens with two attached hydrogens (primary N) is 1. The number of hydrogen-bond donors (Lipinski definition) is 2. The zero-order chi connectivity index (χ0) is 36.9. The fourth-order valence-electron chi connectivity index (χ4n) is 8.61. The fourth-order valence-corrected chi connectivity index (χ4v) is 9.37. The Hall–Kier alpha value is -3.38. The number of halogens is 1. The highest BCUT2D eigenvalue weighted by Gasteiger charge is 2.43. The van der Waals surface area contributed by atoms with Crippen molar-refractivity contribution in [2.75, 3.05) is 11.9 Å². The van der Waals surface area contributed by atoms with E-state index in [-0.39, 0.29) is 29.4 Å². The van der Waals surface area contributed by atoms with Crippen LogP contribution in [0.4, 0.5) is 10.2 Å². The molecule has 0 aromatic carbocycles. The van der Waals surface area contributed by atoms with Gasteiger partial charge in [-0.2, -0.15) is 14.6 Å². The Bertz CT molecular complexity index is 1630. The molecule has 2 saturated carbocycles. The molecule has 3 aromatic rings. The van der Waals surface area contributed by atoms with Crippen LogP contribution in [-0.2, 0) is 22.7 Å². The van der Waals surface area contributed by atoms with Crippen molar-refractivity contribution in [2.45, 2.75) is 143 Å². The molecule has 0 radical (unpaired) electrons. The summed E-state index contributed by atoms with van der Waals surface area (Å²) in [7, 11) is -1.23. The van der Waals surface area contributed by atoms with Crippen LogP contribution < -0.4 is 11.1 Å². The predicted octanol–water partition coefficient (Wildman–Crippen LogP) is 8.64. The van der Waals surface area contributed by atoms with Crippen molar-refractivity contribution in [3.8, 4) is 11.1 Å². The van der Waals surface area contributed by atoms with Gasteiger partial charge in [-0.3, -0.25) is 14.3 Å². The Morgan fingerprint density at radius 2 is 1.67 bits per heavy atom. The van der Waals surface area contributed by atoms with Gasteiger partial charge in [0.15, 0.2) is 0 Å². The van der Waals surface area contributed by atoms with E-state index in [2.05, 4.69) is 35.0 Å². The molecule has 2 amide bonds. The summed E-state index contributed by atoms with van der Waals surface area (Å²) in [5.41, 5.74) is 9.47. The molecule has 10 nitrogen and oxygen atoms in total. The second kappa shape index (κ2) is 17.0. The van der Waals surface area contributed by atoms with Crippen molar-refractivity contribution in [3.05, 3.63) is 46.9 Å². The van der Waals surface area contributed by atoms with E-state index >= 15 is 4.39 Å². The van der Waals surface area contributed by atoms with Crippen molar-refractivity contribution in [1.29, 1.82) is 0 Å². The number of anilines is 1. The number of ether oxygens (including phenoxy) is 1. The smallest absolute Gasteiger partial charge is 0.267 e. The van der Waals surface area contributed by atoms with E-state index in [0.29, 0.717) is 54.0 Å². The topological polar surface area (TPSA) is 130 Å². The van der Waals surface area contributed by atoms with Gasteiger partial charge in [0.2, 0.25) is 11.9 Å². The summed E-state index contributed by atoms with van der Waals surface area (Å²) in [4.78, 5) is 32.0. The number of hydrogen-bond acceptors (Lipinski definition) is 6. The first kappa shape index (κ1) is 38.8. The molecule has 2 aliphatic rings. The lowest BCUT2D eigenvalue weighted by Crippen LogP contribution is -2.39. The molecule has 0 spiro atoms. The van der Waals surface area contributed by atoms with E-state index in [0.717, 1.165) is 63.1 Å². The average molecular weight is 722 g/mol. The molecule has 3 aromatic heterocycles. The summed E-state index contributed by atoms with van der Waals surface area (Å²) in [5.74, 6) is -1.45. The van der Waals surface area contributed by atoms with Gasteiger partial charge >= 0.3 is 0 Å². The minimum atomic E-state index is -1.23. The normalized spacial score (nSPS) is 17.0. The number of aryl methyl sites for hydroxylation is 1. The van der Waals surface area contributed by atoms with Crippen molar-refractivity contribution in [3.63, 3.8) is 0 Å². The molecule has 0 saturated heterocycles. The zero-order valence-corrected chi connectivity index (χ0v) is 32.9. The molecule has 12 heteroatoms. The number of carbonyl (C=O) groups excluding carboxylic acids is 2. The SMILES string of the molecule is CCc1c(-c2ccc(NC(=O)[C@H](c3cnn(C(C)C)c3C(N)=O)C(C3CCCCC3)C3CCCCC3)nc2F)c(C)nn1COCC[Si](C)(C)C. The predicted molar refractivity (Wildman–Crippen MR) is 203 cm³/mol. The molecule has 51 heavy (non-hydrogen) atoms. The van der Waals surface area contributed by atoms with Gasteiger partial charge in [0.05, 0.1) is 17.8 Å². The van der Waals surface area contributed by atoms with Crippen LogP contribution in [0.1, 0.15) is 124 Å². The zero-order valence-electron chi connectivity index (χ0n) is 31.9. The second-order valence-corrected chi connectivity index (χ2v) is 22.0. The average Bonchev–Trinajstić information content (AvgIpc) is 3.67. The van der Waals surface area contributed by atoms with Gasteiger partial charge in [0.1, 0.15) is 18.2 Å². The summed E-state index contributed by atoms with van der Waals surface area (Å²) in [6.45, 7) is 15.7. The lowest BCUT2D eigenvalue weighted by Gasteiger charge is -2.41. The molecule has 0 unspecified atom stereocenters. The summed E-state index contributed by atoms with van der Waals surface area (Å²) in [6, 6.07) is 4.28. The largest absolute Gasteiger partial charge is 0.364 e. The van der Waals surface area contributed by atoms with Gasteiger partial charge in [0, 0.05) is 43.1 Å². The van der Waals surface area contributed by atoms with E-state index in [4.69, 9.17) is 15.6 Å². The number of aromatic nitrogens is 5. The first-order valence-electron chi connectivity index (χ1n) is 19.3. The van der Waals surface area contributed by atoms with Gasteiger partial charge < -0.3 is 15.8 Å². The van der Waals surface area contributed by atoms with Crippen LogP contribution in [0.5, 0.6) is 0 Å². The van der Waals surface area contributed by atoms with E-state index < -0.39 is 25.8 Å². The van der Waals surface area contributed by atoms with E-state index in [1.807, 2.05) is 32.4 Å². The minimum absolute atomic E-state index is 0.00574. The van der Waals surface area contributed by atoms with Gasteiger partial charge in [-0.25, -0.2) is 9.67 Å². The third-order valence-electron chi connectivity index (χ3n) is 11.1. The second-order valence-electron chi connectivity index (χ2n) is 16.3. The van der Waals surface area contributed by atoms with E-state index in [9.17, 15) is 9.59 Å². The molecular formula is C39H60FN7O3Si. The summed E-state index contributed by atoms with van der Waals surface area (Å²) >= 11 is 0. The maximum Gasteiger partial charge on any atom is 0.267 e. The van der Waals surface area contributed by atoms with Crippen LogP contribution in [0, 0.1) is 30.6 Å². The molecule has 0 bridgehead atoms. The number of amides is 2. The quantitative estimate of drug-likeness (QED) is 0.0918.